The number of fused-ring (bicyclic) bond motifs is 5. The van der Waals surface area contributed by atoms with Crippen molar-refractivity contribution in [3.63, 3.8) is 0 Å². The molecule has 2 aliphatic carbocycles. The van der Waals surface area contributed by atoms with E-state index >= 15 is 0 Å². The van der Waals surface area contributed by atoms with Crippen LogP contribution in [0.5, 0.6) is 0 Å². The number of rotatable bonds is 0. The zero-order valence-corrected chi connectivity index (χ0v) is 6.66. The maximum Gasteiger partial charge on any atom is 0.317 e. The standard InChI is InChI=1S/C9H10O3/c10-8-6-4-1-2-5(3-4)7(6)9(11)12-8/h4-7H,1-3H2/t4?,5?,6-,7-/m1/s1. The molecule has 3 heteroatoms. The van der Waals surface area contributed by atoms with E-state index in [1.165, 1.54) is 0 Å². The molecular formula is C9H10O3. The summed E-state index contributed by atoms with van der Waals surface area (Å²) in [6.45, 7) is 0. The average Bonchev–Trinajstić information content (AvgIpc) is 2.64. The quantitative estimate of drug-likeness (QED) is 0.393. The van der Waals surface area contributed by atoms with Gasteiger partial charge in [-0.15, -0.1) is 0 Å². The van der Waals surface area contributed by atoms with Crippen molar-refractivity contribution in [2.45, 2.75) is 19.3 Å². The molecule has 0 amide bonds. The molecule has 2 saturated carbocycles. The summed E-state index contributed by atoms with van der Waals surface area (Å²) in [5.41, 5.74) is 0. The Morgan fingerprint density at radius 1 is 1.00 bits per heavy atom. The summed E-state index contributed by atoms with van der Waals surface area (Å²) >= 11 is 0. The second-order valence-corrected chi connectivity index (χ2v) is 4.12. The van der Waals surface area contributed by atoms with Crippen molar-refractivity contribution >= 4 is 11.9 Å². The molecule has 0 radical (unpaired) electrons. The summed E-state index contributed by atoms with van der Waals surface area (Å²) in [6.07, 6.45) is 3.32. The van der Waals surface area contributed by atoms with Crippen LogP contribution in [0.3, 0.4) is 0 Å². The van der Waals surface area contributed by atoms with Gasteiger partial charge in [0.15, 0.2) is 0 Å². The second-order valence-electron chi connectivity index (χ2n) is 4.12. The molecule has 0 aromatic rings. The van der Waals surface area contributed by atoms with Gasteiger partial charge in [0.05, 0.1) is 11.8 Å². The highest BCUT2D eigenvalue weighted by Gasteiger charge is 2.59. The molecule has 0 aromatic heterocycles. The summed E-state index contributed by atoms with van der Waals surface area (Å²) in [5, 5.41) is 0. The Morgan fingerprint density at radius 3 is 2.00 bits per heavy atom. The SMILES string of the molecule is O=C1OC(=O)[C@@H]2C3CCC(C3)[C@@H]12. The molecule has 3 nitrogen and oxygen atoms in total. The molecule has 4 atom stereocenters. The van der Waals surface area contributed by atoms with Crippen LogP contribution >= 0.6 is 0 Å². The molecule has 2 unspecified atom stereocenters. The fourth-order valence-corrected chi connectivity index (χ4v) is 3.20. The van der Waals surface area contributed by atoms with Crippen LogP contribution in [0.2, 0.25) is 0 Å². The maximum absolute atomic E-state index is 11.2. The van der Waals surface area contributed by atoms with Crippen LogP contribution in [0.4, 0.5) is 0 Å². The Morgan fingerprint density at radius 2 is 1.50 bits per heavy atom. The number of hydrogen-bond acceptors (Lipinski definition) is 3. The molecule has 3 rings (SSSR count). The summed E-state index contributed by atoms with van der Waals surface area (Å²) in [7, 11) is 0. The lowest BCUT2D eigenvalue weighted by Crippen LogP contribution is -2.24. The molecule has 3 aliphatic rings. The fourth-order valence-electron chi connectivity index (χ4n) is 3.20. The minimum Gasteiger partial charge on any atom is -0.393 e. The van der Waals surface area contributed by atoms with Gasteiger partial charge in [-0.3, -0.25) is 9.59 Å². The third-order valence-electron chi connectivity index (χ3n) is 3.66. The zero-order valence-electron chi connectivity index (χ0n) is 6.66. The van der Waals surface area contributed by atoms with Gasteiger partial charge in [0.2, 0.25) is 0 Å². The summed E-state index contributed by atoms with van der Waals surface area (Å²) < 4.78 is 4.63. The number of hydrogen-bond donors (Lipinski definition) is 0. The Bertz CT molecular complexity index is 245. The van der Waals surface area contributed by atoms with Crippen LogP contribution in [0, 0.1) is 23.7 Å². The number of carbonyl (C=O) groups excluding carboxylic acids is 2. The normalized spacial score (nSPS) is 49.7. The van der Waals surface area contributed by atoms with Crippen molar-refractivity contribution in [2.24, 2.45) is 23.7 Å². The topological polar surface area (TPSA) is 43.4 Å². The predicted octanol–water partition coefficient (Wildman–Crippen LogP) is 0.732. The number of cyclic esters (lactones) is 2. The molecule has 1 saturated heterocycles. The summed E-state index contributed by atoms with van der Waals surface area (Å²) in [4.78, 5) is 22.4. The van der Waals surface area contributed by atoms with E-state index in [4.69, 9.17) is 0 Å². The number of ether oxygens (including phenoxy) is 1. The van der Waals surface area contributed by atoms with E-state index in [2.05, 4.69) is 4.74 Å². The lowest BCUT2D eigenvalue weighted by Gasteiger charge is -2.17. The van der Waals surface area contributed by atoms with Crippen LogP contribution in [0.25, 0.3) is 0 Å². The highest BCUT2D eigenvalue weighted by Crippen LogP contribution is 2.55. The van der Waals surface area contributed by atoms with Gasteiger partial charge in [-0.1, -0.05) is 0 Å². The first kappa shape index (κ1) is 6.63. The Hall–Kier alpha value is -0.860. The Balaban J connectivity index is 2.03. The van der Waals surface area contributed by atoms with Crippen molar-refractivity contribution in [3.8, 4) is 0 Å². The molecule has 0 spiro atoms. The molecule has 0 aromatic carbocycles. The summed E-state index contributed by atoms with van der Waals surface area (Å²) in [5.74, 6) is 0.291. The monoisotopic (exact) mass is 166 g/mol. The highest BCUT2D eigenvalue weighted by atomic mass is 16.6. The third kappa shape index (κ3) is 0.586. The van der Waals surface area contributed by atoms with Gasteiger partial charge in [-0.05, 0) is 31.1 Å². The van der Waals surface area contributed by atoms with Crippen molar-refractivity contribution in [1.29, 1.82) is 0 Å². The minimum absolute atomic E-state index is 0.0590. The molecule has 3 fully saturated rings. The first-order valence-electron chi connectivity index (χ1n) is 4.53. The van der Waals surface area contributed by atoms with E-state index < -0.39 is 0 Å². The average molecular weight is 166 g/mol. The van der Waals surface area contributed by atoms with E-state index in [1.54, 1.807) is 0 Å². The molecule has 2 bridgehead atoms. The molecule has 12 heavy (non-hydrogen) atoms. The smallest absolute Gasteiger partial charge is 0.317 e. The lowest BCUT2D eigenvalue weighted by atomic mass is 9.81. The molecule has 64 valence electrons. The second kappa shape index (κ2) is 1.90. The van der Waals surface area contributed by atoms with Gasteiger partial charge in [0, 0.05) is 0 Å². The first-order chi connectivity index (χ1) is 5.77. The summed E-state index contributed by atoms with van der Waals surface area (Å²) in [6, 6.07) is 0. The molecule has 1 aliphatic heterocycles. The highest BCUT2D eigenvalue weighted by molar-refractivity contribution is 5.97. The maximum atomic E-state index is 11.2. The van der Waals surface area contributed by atoms with Crippen LogP contribution in [-0.4, -0.2) is 11.9 Å². The number of carbonyl (C=O) groups is 2. The van der Waals surface area contributed by atoms with Gasteiger partial charge >= 0.3 is 11.9 Å². The van der Waals surface area contributed by atoms with Crippen LogP contribution < -0.4 is 0 Å². The van der Waals surface area contributed by atoms with E-state index in [1.807, 2.05) is 0 Å². The minimum atomic E-state index is -0.253. The van der Waals surface area contributed by atoms with Crippen molar-refractivity contribution in [3.05, 3.63) is 0 Å². The van der Waals surface area contributed by atoms with Crippen molar-refractivity contribution in [2.75, 3.05) is 0 Å². The lowest BCUT2D eigenvalue weighted by molar-refractivity contribution is -0.154. The fraction of sp³-hybridized carbons (Fsp3) is 0.778. The van der Waals surface area contributed by atoms with E-state index in [-0.39, 0.29) is 23.8 Å². The van der Waals surface area contributed by atoms with Crippen LogP contribution in [0.15, 0.2) is 0 Å². The number of esters is 2. The van der Waals surface area contributed by atoms with Gasteiger partial charge in [0.1, 0.15) is 0 Å². The predicted molar refractivity (Wildman–Crippen MR) is 38.9 cm³/mol. The van der Waals surface area contributed by atoms with Crippen molar-refractivity contribution in [1.82, 2.24) is 0 Å². The molecule has 1 heterocycles. The van der Waals surface area contributed by atoms with Gasteiger partial charge < -0.3 is 4.74 Å². The largest absolute Gasteiger partial charge is 0.393 e. The molecular weight excluding hydrogens is 156 g/mol. The van der Waals surface area contributed by atoms with Crippen molar-refractivity contribution < 1.29 is 14.3 Å². The Labute approximate surface area is 70.1 Å². The molecule has 0 N–H and O–H groups in total. The first-order valence-corrected chi connectivity index (χ1v) is 4.53. The van der Waals surface area contributed by atoms with Crippen LogP contribution in [-0.2, 0) is 14.3 Å². The van der Waals surface area contributed by atoms with E-state index in [0.29, 0.717) is 11.8 Å². The van der Waals surface area contributed by atoms with Crippen LogP contribution in [0.1, 0.15) is 19.3 Å². The third-order valence-corrected chi connectivity index (χ3v) is 3.66. The van der Waals surface area contributed by atoms with E-state index in [9.17, 15) is 9.59 Å². The zero-order chi connectivity index (χ0) is 8.29. The van der Waals surface area contributed by atoms with E-state index in [0.717, 1.165) is 19.3 Å². The Kier molecular flexibility index (Phi) is 1.05. The van der Waals surface area contributed by atoms with Gasteiger partial charge in [-0.25, -0.2) is 0 Å². The van der Waals surface area contributed by atoms with Gasteiger partial charge in [-0.2, -0.15) is 0 Å². The van der Waals surface area contributed by atoms with Gasteiger partial charge in [0.25, 0.3) is 0 Å².